The van der Waals surface area contributed by atoms with Gasteiger partial charge in [-0.2, -0.15) is 0 Å². The molecule has 8 heteroatoms. The zero-order valence-corrected chi connectivity index (χ0v) is 17.3. The fraction of sp³-hybridized carbons (Fsp3) is 0.273. The van der Waals surface area contributed by atoms with E-state index in [2.05, 4.69) is 22.5 Å². The van der Waals surface area contributed by atoms with Crippen LogP contribution in [0.5, 0.6) is 5.75 Å². The highest BCUT2D eigenvalue weighted by Gasteiger charge is 2.22. The second-order valence-electron chi connectivity index (χ2n) is 7.25. The van der Waals surface area contributed by atoms with E-state index >= 15 is 0 Å². The Hall–Kier alpha value is -2.97. The standard InChI is InChI=1S/C22H23FN4O2S/c1-13(18-6-3-11-25-18)29-17-9-7-16(8-10-17)26-22-27-21(24)20(30-22)19(28)14-4-2-5-15(23)12-14/h2,4-5,7-10,12-13,18,25H,3,6,11,24H2,1H3,(H,26,27)/t13-,18?/m0/s1. The summed E-state index contributed by atoms with van der Waals surface area (Å²) in [6.45, 7) is 3.12. The average Bonchev–Trinajstić information content (AvgIpc) is 3.39. The van der Waals surface area contributed by atoms with E-state index in [9.17, 15) is 9.18 Å². The topological polar surface area (TPSA) is 89.3 Å². The number of carbonyl (C=O) groups is 1. The molecule has 4 rings (SSSR count). The number of hydrogen-bond acceptors (Lipinski definition) is 7. The lowest BCUT2D eigenvalue weighted by Gasteiger charge is -2.21. The van der Waals surface area contributed by atoms with Gasteiger partial charge in [-0.1, -0.05) is 23.5 Å². The average molecular weight is 427 g/mol. The normalized spacial score (nSPS) is 16.9. The maximum Gasteiger partial charge on any atom is 0.206 e. The van der Waals surface area contributed by atoms with Crippen molar-refractivity contribution in [2.75, 3.05) is 17.6 Å². The van der Waals surface area contributed by atoms with E-state index in [0.29, 0.717) is 11.2 Å². The second-order valence-corrected chi connectivity index (χ2v) is 8.25. The fourth-order valence-corrected chi connectivity index (χ4v) is 4.33. The molecule has 1 saturated heterocycles. The Labute approximate surface area is 178 Å². The highest BCUT2D eigenvalue weighted by atomic mass is 32.1. The lowest BCUT2D eigenvalue weighted by atomic mass is 10.1. The molecule has 30 heavy (non-hydrogen) atoms. The quantitative estimate of drug-likeness (QED) is 0.487. The number of ether oxygens (including phenoxy) is 1. The Kier molecular flexibility index (Phi) is 5.96. The van der Waals surface area contributed by atoms with Crippen LogP contribution in [0.1, 0.15) is 35.0 Å². The number of halogens is 1. The number of nitrogens with zero attached hydrogens (tertiary/aromatic N) is 1. The summed E-state index contributed by atoms with van der Waals surface area (Å²) in [5.41, 5.74) is 6.97. The third-order valence-corrected chi connectivity index (χ3v) is 6.02. The van der Waals surface area contributed by atoms with Crippen molar-refractivity contribution in [3.05, 3.63) is 64.8 Å². The van der Waals surface area contributed by atoms with Gasteiger partial charge in [0.1, 0.15) is 28.4 Å². The Morgan fingerprint density at radius 2 is 2.13 bits per heavy atom. The first-order valence-electron chi connectivity index (χ1n) is 9.83. The zero-order chi connectivity index (χ0) is 21.1. The molecule has 1 aliphatic heterocycles. The number of nitrogen functional groups attached to an aromatic ring is 1. The van der Waals surface area contributed by atoms with Crippen LogP contribution in [0.2, 0.25) is 0 Å². The highest BCUT2D eigenvalue weighted by Crippen LogP contribution is 2.30. The number of hydrogen-bond donors (Lipinski definition) is 3. The van der Waals surface area contributed by atoms with Gasteiger partial charge in [0.05, 0.1) is 0 Å². The molecule has 1 unspecified atom stereocenters. The second kappa shape index (κ2) is 8.81. The van der Waals surface area contributed by atoms with E-state index in [-0.39, 0.29) is 28.1 Å². The van der Waals surface area contributed by atoms with Crippen molar-refractivity contribution < 1.29 is 13.9 Å². The van der Waals surface area contributed by atoms with Gasteiger partial charge >= 0.3 is 0 Å². The summed E-state index contributed by atoms with van der Waals surface area (Å²) < 4.78 is 19.4. The van der Waals surface area contributed by atoms with Gasteiger partial charge in [0, 0.05) is 17.3 Å². The summed E-state index contributed by atoms with van der Waals surface area (Å²) in [6, 6.07) is 13.5. The maximum absolute atomic E-state index is 13.4. The molecule has 4 N–H and O–H groups in total. The third-order valence-electron chi connectivity index (χ3n) is 5.04. The van der Waals surface area contributed by atoms with Gasteiger partial charge in [-0.3, -0.25) is 4.79 Å². The van der Waals surface area contributed by atoms with Crippen LogP contribution < -0.4 is 21.1 Å². The Morgan fingerprint density at radius 3 is 2.83 bits per heavy atom. The first kappa shape index (κ1) is 20.3. The van der Waals surface area contributed by atoms with E-state index in [4.69, 9.17) is 10.5 Å². The molecule has 0 radical (unpaired) electrons. The minimum Gasteiger partial charge on any atom is -0.489 e. The third kappa shape index (κ3) is 4.60. The molecule has 6 nitrogen and oxygen atoms in total. The van der Waals surface area contributed by atoms with Gasteiger partial charge in [0.15, 0.2) is 5.13 Å². The minimum absolute atomic E-state index is 0.0986. The van der Waals surface area contributed by atoms with Crippen LogP contribution in [0.15, 0.2) is 48.5 Å². The first-order valence-corrected chi connectivity index (χ1v) is 10.6. The molecule has 1 aliphatic rings. The molecule has 0 amide bonds. The summed E-state index contributed by atoms with van der Waals surface area (Å²) in [5, 5.41) is 7.09. The van der Waals surface area contributed by atoms with Crippen molar-refractivity contribution in [3.8, 4) is 5.75 Å². The molecule has 156 valence electrons. The van der Waals surface area contributed by atoms with Crippen LogP contribution in [0.3, 0.4) is 0 Å². The van der Waals surface area contributed by atoms with Crippen LogP contribution in [0.25, 0.3) is 0 Å². The van der Waals surface area contributed by atoms with Crippen molar-refractivity contribution in [3.63, 3.8) is 0 Å². The molecule has 1 aromatic heterocycles. The number of nitrogens with two attached hydrogens (primary N) is 1. The number of nitrogens with one attached hydrogen (secondary N) is 2. The molecule has 2 aromatic carbocycles. The molecule has 3 aromatic rings. The van der Waals surface area contributed by atoms with Gasteiger partial charge in [-0.25, -0.2) is 9.37 Å². The lowest BCUT2D eigenvalue weighted by molar-refractivity contribution is 0.104. The molecule has 0 spiro atoms. The number of rotatable bonds is 7. The molecule has 1 fully saturated rings. The van der Waals surface area contributed by atoms with Gasteiger partial charge in [-0.05, 0) is 62.7 Å². The van der Waals surface area contributed by atoms with Crippen LogP contribution >= 0.6 is 11.3 Å². The smallest absolute Gasteiger partial charge is 0.206 e. The van der Waals surface area contributed by atoms with Crippen molar-refractivity contribution in [1.82, 2.24) is 10.3 Å². The van der Waals surface area contributed by atoms with Crippen molar-refractivity contribution in [2.45, 2.75) is 31.9 Å². The first-order chi connectivity index (χ1) is 14.5. The lowest BCUT2D eigenvalue weighted by Crippen LogP contribution is -2.36. The van der Waals surface area contributed by atoms with Gasteiger partial charge in [0.2, 0.25) is 5.78 Å². The van der Waals surface area contributed by atoms with E-state index in [0.717, 1.165) is 35.7 Å². The summed E-state index contributed by atoms with van der Waals surface area (Å²) in [6.07, 6.45) is 2.41. The predicted octanol–water partition coefficient (Wildman–Crippen LogP) is 4.36. The summed E-state index contributed by atoms with van der Waals surface area (Å²) >= 11 is 1.14. The number of benzene rings is 2. The Bertz CT molecular complexity index is 1030. The SMILES string of the molecule is C[C@H](Oc1ccc(Nc2nc(N)c(C(=O)c3cccc(F)c3)s2)cc1)C1CCCN1. The number of thiazole rings is 1. The Balaban J connectivity index is 1.42. The van der Waals surface area contributed by atoms with Gasteiger partial charge < -0.3 is 21.1 Å². The number of aromatic nitrogens is 1. The minimum atomic E-state index is -0.470. The summed E-state index contributed by atoms with van der Waals surface area (Å²) in [7, 11) is 0. The van der Waals surface area contributed by atoms with Crippen molar-refractivity contribution in [2.24, 2.45) is 0 Å². The van der Waals surface area contributed by atoms with E-state index in [1.165, 1.54) is 24.6 Å². The van der Waals surface area contributed by atoms with Crippen molar-refractivity contribution >= 4 is 33.8 Å². The number of ketones is 1. The molecule has 2 heterocycles. The van der Waals surface area contributed by atoms with Crippen molar-refractivity contribution in [1.29, 1.82) is 0 Å². The molecule has 2 atom stereocenters. The molecular formula is C22H23FN4O2S. The monoisotopic (exact) mass is 426 g/mol. The van der Waals surface area contributed by atoms with Gasteiger partial charge in [0.25, 0.3) is 0 Å². The summed E-state index contributed by atoms with van der Waals surface area (Å²) in [4.78, 5) is 17.1. The van der Waals surface area contributed by atoms with Gasteiger partial charge in [-0.15, -0.1) is 0 Å². The van der Waals surface area contributed by atoms with Crippen LogP contribution in [0.4, 0.5) is 21.0 Å². The fourth-order valence-electron chi connectivity index (χ4n) is 3.46. The predicted molar refractivity (Wildman–Crippen MR) is 117 cm³/mol. The number of carbonyl (C=O) groups excluding carboxylic acids is 1. The molecular weight excluding hydrogens is 403 g/mol. The van der Waals surface area contributed by atoms with Crippen LogP contribution in [-0.2, 0) is 0 Å². The summed E-state index contributed by atoms with van der Waals surface area (Å²) in [5.74, 6) is 0.0930. The molecule has 0 aliphatic carbocycles. The van der Waals surface area contributed by atoms with Crippen LogP contribution in [-0.4, -0.2) is 29.5 Å². The molecule has 0 saturated carbocycles. The maximum atomic E-state index is 13.4. The zero-order valence-electron chi connectivity index (χ0n) is 16.5. The van der Waals surface area contributed by atoms with E-state index in [1.54, 1.807) is 6.07 Å². The van der Waals surface area contributed by atoms with E-state index in [1.807, 2.05) is 24.3 Å². The largest absolute Gasteiger partial charge is 0.489 e. The van der Waals surface area contributed by atoms with E-state index < -0.39 is 5.82 Å². The number of anilines is 3. The molecule has 0 bridgehead atoms. The highest BCUT2D eigenvalue weighted by molar-refractivity contribution is 7.18. The Morgan fingerprint density at radius 1 is 1.33 bits per heavy atom. The van der Waals surface area contributed by atoms with Crippen LogP contribution in [0, 0.1) is 5.82 Å².